The van der Waals surface area contributed by atoms with Gasteiger partial charge in [0, 0.05) is 25.6 Å². The predicted octanol–water partition coefficient (Wildman–Crippen LogP) is 7.48. The Balaban J connectivity index is 1.45. The van der Waals surface area contributed by atoms with Gasteiger partial charge in [0.05, 0.1) is 13.2 Å². The summed E-state index contributed by atoms with van der Waals surface area (Å²) < 4.78 is 18.6. The molecular formula is C32H31FN2O. The number of hydrogen-bond donors (Lipinski definition) is 0. The number of fused-ring (bicyclic) bond motifs is 1. The minimum absolute atomic E-state index is 0.200. The third-order valence-corrected chi connectivity index (χ3v) is 7.16. The largest absolute Gasteiger partial charge is 0.492 e. The van der Waals surface area contributed by atoms with Crippen molar-refractivity contribution in [2.24, 2.45) is 5.92 Å². The highest BCUT2D eigenvalue weighted by atomic mass is 19.1. The molecule has 0 radical (unpaired) electrons. The van der Waals surface area contributed by atoms with Crippen molar-refractivity contribution in [3.8, 4) is 5.75 Å². The van der Waals surface area contributed by atoms with Crippen LogP contribution in [-0.2, 0) is 6.42 Å². The normalized spacial score (nSPS) is 16.0. The second kappa shape index (κ2) is 10.9. The Morgan fingerprint density at radius 3 is 2.50 bits per heavy atom. The van der Waals surface area contributed by atoms with Crippen LogP contribution in [-0.4, -0.2) is 37.8 Å². The molecule has 1 aliphatic heterocycles. The van der Waals surface area contributed by atoms with Crippen molar-refractivity contribution >= 4 is 22.9 Å². The fraction of sp³-hybridized carbons (Fsp3) is 0.281. The zero-order valence-corrected chi connectivity index (χ0v) is 20.7. The summed E-state index contributed by atoms with van der Waals surface area (Å²) in [5.74, 6) is 1.04. The molecule has 4 heteroatoms. The number of halogens is 1. The van der Waals surface area contributed by atoms with Gasteiger partial charge < -0.3 is 4.74 Å². The third-order valence-electron chi connectivity index (χ3n) is 7.16. The summed E-state index contributed by atoms with van der Waals surface area (Å²) in [7, 11) is 0. The Kier molecular flexibility index (Phi) is 7.30. The van der Waals surface area contributed by atoms with E-state index >= 15 is 0 Å². The molecule has 2 aliphatic rings. The second-order valence-corrected chi connectivity index (χ2v) is 9.53. The van der Waals surface area contributed by atoms with Crippen LogP contribution in [0.15, 0.2) is 78.4 Å². The molecule has 36 heavy (non-hydrogen) atoms. The van der Waals surface area contributed by atoms with Crippen LogP contribution >= 0.6 is 0 Å². The molecule has 3 aromatic rings. The molecule has 182 valence electrons. The van der Waals surface area contributed by atoms with Crippen molar-refractivity contribution in [1.29, 1.82) is 0 Å². The first-order chi connectivity index (χ1) is 17.7. The topological polar surface area (TPSA) is 16.8 Å². The van der Waals surface area contributed by atoms with Gasteiger partial charge in [-0.25, -0.2) is 4.85 Å². The smallest absolute Gasteiger partial charge is 0.194 e. The summed E-state index contributed by atoms with van der Waals surface area (Å²) in [5, 5.41) is 0. The van der Waals surface area contributed by atoms with Gasteiger partial charge in [-0.1, -0.05) is 73.7 Å². The van der Waals surface area contributed by atoms with Crippen LogP contribution in [0.5, 0.6) is 5.75 Å². The van der Waals surface area contributed by atoms with Gasteiger partial charge >= 0.3 is 0 Å². The number of allylic oxidation sites excluding steroid dienone is 3. The lowest BCUT2D eigenvalue weighted by molar-refractivity contribution is 0.0668. The molecule has 1 fully saturated rings. The first-order valence-corrected chi connectivity index (χ1v) is 12.7. The van der Waals surface area contributed by atoms with Crippen LogP contribution in [0.1, 0.15) is 35.6 Å². The van der Waals surface area contributed by atoms with Crippen LogP contribution in [0.3, 0.4) is 0 Å². The molecule has 0 unspecified atom stereocenters. The maximum atomic E-state index is 12.6. The lowest BCUT2D eigenvalue weighted by Crippen LogP contribution is -2.49. The van der Waals surface area contributed by atoms with Crippen molar-refractivity contribution in [3.05, 3.63) is 112 Å². The minimum atomic E-state index is -0.226. The molecule has 0 atom stereocenters. The summed E-state index contributed by atoms with van der Waals surface area (Å²) in [6, 6.07) is 24.8. The van der Waals surface area contributed by atoms with Crippen LogP contribution in [0.2, 0.25) is 0 Å². The standard InChI is InChI=1S/C32H31FN2O/c1-3-29(30-10-6-7-11-31(30)34-2)32(27-18-25-8-4-5-9-26(25)19-27)24-12-14-28(15-13-24)36-17-16-35-21-23(20-33)22-35/h4-15,18,23H,3,16-17,19-22H2,1H3/b32-29+. The lowest BCUT2D eigenvalue weighted by Gasteiger charge is -2.37. The maximum absolute atomic E-state index is 12.6. The number of para-hydroxylation sites is 1. The van der Waals surface area contributed by atoms with Crippen LogP contribution in [0, 0.1) is 12.5 Å². The number of ether oxygens (including phenoxy) is 1. The predicted molar refractivity (Wildman–Crippen MR) is 146 cm³/mol. The van der Waals surface area contributed by atoms with Gasteiger partial charge in [0.1, 0.15) is 12.4 Å². The van der Waals surface area contributed by atoms with E-state index in [1.54, 1.807) is 0 Å². The molecule has 3 nitrogen and oxygen atoms in total. The van der Waals surface area contributed by atoms with Gasteiger partial charge in [-0.3, -0.25) is 9.29 Å². The zero-order valence-electron chi connectivity index (χ0n) is 20.7. The number of rotatable bonds is 9. The SMILES string of the molecule is [C-]#[N+]c1ccccc1/C(CC)=C(/C1=Cc2ccccc2C1)c1ccc(OCCN2CC(CF)C2)cc1. The van der Waals surface area contributed by atoms with Crippen LogP contribution in [0.25, 0.3) is 22.1 Å². The van der Waals surface area contributed by atoms with Gasteiger partial charge in [0.2, 0.25) is 0 Å². The molecule has 0 aromatic heterocycles. The average molecular weight is 479 g/mol. The molecule has 0 saturated carbocycles. The van der Waals surface area contributed by atoms with E-state index in [-0.39, 0.29) is 12.6 Å². The van der Waals surface area contributed by atoms with Gasteiger partial charge in [-0.05, 0) is 63.9 Å². The number of alkyl halides is 1. The summed E-state index contributed by atoms with van der Waals surface area (Å²) in [4.78, 5) is 6.05. The summed E-state index contributed by atoms with van der Waals surface area (Å²) in [6.07, 6.45) is 4.00. The van der Waals surface area contributed by atoms with E-state index in [0.29, 0.717) is 12.3 Å². The highest BCUT2D eigenvalue weighted by molar-refractivity contribution is 6.03. The fourth-order valence-electron chi connectivity index (χ4n) is 5.29. The summed E-state index contributed by atoms with van der Waals surface area (Å²) >= 11 is 0. The van der Waals surface area contributed by atoms with E-state index in [0.717, 1.165) is 49.4 Å². The summed E-state index contributed by atoms with van der Waals surface area (Å²) in [6.45, 7) is 12.7. The van der Waals surface area contributed by atoms with E-state index in [1.165, 1.54) is 27.8 Å². The van der Waals surface area contributed by atoms with Crippen molar-refractivity contribution in [1.82, 2.24) is 4.90 Å². The first kappa shape index (κ1) is 24.0. The molecule has 0 spiro atoms. The average Bonchev–Trinajstić information content (AvgIpc) is 3.32. The fourth-order valence-corrected chi connectivity index (χ4v) is 5.29. The van der Waals surface area contributed by atoms with Gasteiger partial charge in [-0.2, -0.15) is 0 Å². The van der Waals surface area contributed by atoms with Crippen molar-refractivity contribution in [3.63, 3.8) is 0 Å². The maximum Gasteiger partial charge on any atom is 0.194 e. The summed E-state index contributed by atoms with van der Waals surface area (Å²) in [5.41, 5.74) is 9.09. The number of hydrogen-bond acceptors (Lipinski definition) is 2. The highest BCUT2D eigenvalue weighted by Crippen LogP contribution is 2.42. The molecule has 0 N–H and O–H groups in total. The Morgan fingerprint density at radius 1 is 1.03 bits per heavy atom. The van der Waals surface area contributed by atoms with Gasteiger partial charge in [0.25, 0.3) is 0 Å². The van der Waals surface area contributed by atoms with Crippen molar-refractivity contribution in [2.45, 2.75) is 19.8 Å². The lowest BCUT2D eigenvalue weighted by atomic mass is 9.86. The van der Waals surface area contributed by atoms with Crippen LogP contribution in [0.4, 0.5) is 10.1 Å². The Morgan fingerprint density at radius 2 is 1.78 bits per heavy atom. The van der Waals surface area contributed by atoms with Gasteiger partial charge in [-0.15, -0.1) is 0 Å². The van der Waals surface area contributed by atoms with Crippen molar-refractivity contribution in [2.75, 3.05) is 32.9 Å². The van der Waals surface area contributed by atoms with E-state index in [4.69, 9.17) is 11.3 Å². The number of benzene rings is 3. The zero-order chi connectivity index (χ0) is 24.9. The van der Waals surface area contributed by atoms with Crippen LogP contribution < -0.4 is 4.74 Å². The minimum Gasteiger partial charge on any atom is -0.492 e. The van der Waals surface area contributed by atoms with E-state index in [9.17, 15) is 4.39 Å². The Hall–Kier alpha value is -3.68. The molecule has 0 amide bonds. The molecule has 5 rings (SSSR count). The van der Waals surface area contributed by atoms with Gasteiger partial charge in [0.15, 0.2) is 5.69 Å². The first-order valence-electron chi connectivity index (χ1n) is 12.7. The van der Waals surface area contributed by atoms with E-state index < -0.39 is 0 Å². The monoisotopic (exact) mass is 478 g/mol. The number of likely N-dealkylation sites (tertiary alicyclic amines) is 1. The third kappa shape index (κ3) is 4.98. The molecule has 0 bridgehead atoms. The second-order valence-electron chi connectivity index (χ2n) is 9.53. The Labute approximate surface area is 213 Å². The number of nitrogens with zero attached hydrogens (tertiary/aromatic N) is 2. The highest BCUT2D eigenvalue weighted by Gasteiger charge is 2.26. The van der Waals surface area contributed by atoms with E-state index in [2.05, 4.69) is 65.2 Å². The Bertz CT molecular complexity index is 1330. The quantitative estimate of drug-likeness (QED) is 0.234. The molecule has 3 aromatic carbocycles. The molecular weight excluding hydrogens is 447 g/mol. The molecule has 1 aliphatic carbocycles. The molecule has 1 saturated heterocycles. The van der Waals surface area contributed by atoms with Crippen molar-refractivity contribution < 1.29 is 9.13 Å². The molecule has 1 heterocycles. The van der Waals surface area contributed by atoms with E-state index in [1.807, 2.05) is 30.3 Å².